The van der Waals surface area contributed by atoms with Gasteiger partial charge in [-0.1, -0.05) is 60.7 Å². The van der Waals surface area contributed by atoms with E-state index in [4.69, 9.17) is 9.47 Å². The van der Waals surface area contributed by atoms with Crippen LogP contribution in [0.4, 0.5) is 4.79 Å². The van der Waals surface area contributed by atoms with Crippen molar-refractivity contribution in [3.8, 4) is 0 Å². The van der Waals surface area contributed by atoms with Crippen LogP contribution in [0.5, 0.6) is 0 Å². The van der Waals surface area contributed by atoms with Crippen LogP contribution in [-0.4, -0.2) is 53.2 Å². The largest absolute Gasteiger partial charge is 0.415 e. The molecule has 0 radical (unpaired) electrons. The minimum absolute atomic E-state index is 0.112. The van der Waals surface area contributed by atoms with Crippen LogP contribution in [0.3, 0.4) is 0 Å². The van der Waals surface area contributed by atoms with Crippen molar-refractivity contribution in [1.82, 2.24) is 15.5 Å². The summed E-state index contributed by atoms with van der Waals surface area (Å²) in [7, 11) is 1.34. The first-order chi connectivity index (χ1) is 14.8. The molecule has 0 aromatic heterocycles. The molecule has 0 spiro atoms. The Bertz CT molecular complexity index is 891. The molecule has 0 unspecified atom stereocenters. The Balaban J connectivity index is 1.77. The summed E-state index contributed by atoms with van der Waals surface area (Å²) in [4.78, 5) is 26.8. The number of ether oxygens (including phenoxy) is 2. The lowest BCUT2D eigenvalue weighted by atomic mass is 10.0. The van der Waals surface area contributed by atoms with Crippen molar-refractivity contribution in [3.05, 3.63) is 71.8 Å². The van der Waals surface area contributed by atoms with Crippen LogP contribution in [-0.2, 0) is 27.4 Å². The Labute approximate surface area is 182 Å². The number of hydrogen-bond acceptors (Lipinski definition) is 6. The highest BCUT2D eigenvalue weighted by Crippen LogP contribution is 2.39. The zero-order valence-electron chi connectivity index (χ0n) is 18.0. The van der Waals surface area contributed by atoms with E-state index in [0.29, 0.717) is 13.1 Å². The van der Waals surface area contributed by atoms with E-state index >= 15 is 0 Å². The Kier molecular flexibility index (Phi) is 6.94. The number of cyclic esters (lactones) is 1. The first kappa shape index (κ1) is 22.7. The smallest absolute Gasteiger partial charge is 0.412 e. The summed E-state index contributed by atoms with van der Waals surface area (Å²) in [5.74, 6) is -2.02. The molecule has 0 saturated carbocycles. The number of carbonyl (C=O) groups excluding carboxylic acids is 2. The molecule has 2 amide bonds. The van der Waals surface area contributed by atoms with Gasteiger partial charge in [-0.3, -0.25) is 9.69 Å². The van der Waals surface area contributed by atoms with Crippen molar-refractivity contribution in [2.45, 2.75) is 44.5 Å². The van der Waals surface area contributed by atoms with Gasteiger partial charge in [-0.05, 0) is 18.1 Å². The van der Waals surface area contributed by atoms with Gasteiger partial charge in [-0.2, -0.15) is 0 Å². The average Bonchev–Trinajstić information content (AvgIpc) is 2.95. The number of nitrogens with zero attached hydrogens (tertiary/aromatic N) is 1. The summed E-state index contributed by atoms with van der Waals surface area (Å²) in [6.07, 6.45) is -0.823. The molecule has 8 heteroatoms. The number of rotatable bonds is 9. The predicted molar refractivity (Wildman–Crippen MR) is 115 cm³/mol. The lowest BCUT2D eigenvalue weighted by Crippen LogP contribution is -2.63. The molecule has 1 aliphatic rings. The number of hydrogen-bond donors (Lipinski definition) is 3. The molecular formula is C23H29N3O5. The third-order valence-corrected chi connectivity index (χ3v) is 5.63. The van der Waals surface area contributed by atoms with E-state index in [1.165, 1.54) is 21.0 Å². The number of amides is 2. The van der Waals surface area contributed by atoms with Gasteiger partial charge < -0.3 is 25.2 Å². The number of benzene rings is 2. The minimum Gasteiger partial charge on any atom is -0.412 e. The number of carbonyl (C=O) groups is 2. The Morgan fingerprint density at radius 3 is 2.13 bits per heavy atom. The highest BCUT2D eigenvalue weighted by molar-refractivity contribution is 5.87. The Morgan fingerprint density at radius 2 is 1.61 bits per heavy atom. The number of nitrogens with one attached hydrogen (secondary N) is 2. The highest BCUT2D eigenvalue weighted by Gasteiger charge is 2.63. The van der Waals surface area contributed by atoms with E-state index in [9.17, 15) is 14.7 Å². The van der Waals surface area contributed by atoms with Gasteiger partial charge in [0.05, 0.1) is 0 Å². The van der Waals surface area contributed by atoms with E-state index in [1.807, 2.05) is 60.7 Å². The van der Waals surface area contributed by atoms with Gasteiger partial charge in [-0.25, -0.2) is 4.79 Å². The van der Waals surface area contributed by atoms with Crippen molar-refractivity contribution < 1.29 is 24.2 Å². The molecule has 166 valence electrons. The summed E-state index contributed by atoms with van der Waals surface area (Å²) >= 11 is 0. The summed E-state index contributed by atoms with van der Waals surface area (Å²) in [5, 5.41) is 17.2. The van der Waals surface area contributed by atoms with Gasteiger partial charge in [-0.15, -0.1) is 0 Å². The molecule has 3 atom stereocenters. The third-order valence-electron chi connectivity index (χ3n) is 5.63. The maximum Gasteiger partial charge on any atom is 0.415 e. The van der Waals surface area contributed by atoms with E-state index in [0.717, 1.165) is 16.0 Å². The molecule has 8 nitrogen and oxygen atoms in total. The van der Waals surface area contributed by atoms with Crippen molar-refractivity contribution >= 4 is 12.0 Å². The summed E-state index contributed by atoms with van der Waals surface area (Å²) < 4.78 is 10.6. The second-order valence-electron chi connectivity index (χ2n) is 7.74. The first-order valence-corrected chi connectivity index (χ1v) is 10.1. The maximum atomic E-state index is 13.1. The zero-order valence-corrected chi connectivity index (χ0v) is 18.0. The molecule has 0 aliphatic carbocycles. The molecule has 1 aliphatic heterocycles. The quantitative estimate of drug-likeness (QED) is 0.566. The molecule has 31 heavy (non-hydrogen) atoms. The number of methoxy groups -OCH3 is 1. The van der Waals surface area contributed by atoms with Crippen molar-refractivity contribution in [2.75, 3.05) is 13.7 Å². The molecule has 1 fully saturated rings. The molecule has 3 rings (SSSR count). The summed E-state index contributed by atoms with van der Waals surface area (Å²) in [6, 6.07) is 18.1. The second kappa shape index (κ2) is 9.47. The predicted octanol–water partition coefficient (Wildman–Crippen LogP) is 1.98. The highest BCUT2D eigenvalue weighted by atomic mass is 16.8. The SMILES string of the molecule is CO[C@]1(C)OC(=O)N([C@H](CNCc2ccccc2)C(=O)NCc2ccccc2)[C@@]1(C)O. The van der Waals surface area contributed by atoms with Gasteiger partial charge in [0, 0.05) is 33.7 Å². The van der Waals surface area contributed by atoms with Crippen molar-refractivity contribution in [2.24, 2.45) is 0 Å². The van der Waals surface area contributed by atoms with E-state index in [-0.39, 0.29) is 6.54 Å². The molecule has 0 bridgehead atoms. The standard InChI is InChI=1S/C23H29N3O5/c1-22(29)23(2,30-3)31-21(28)26(22)19(16-24-14-17-10-6-4-7-11-17)20(27)25-15-18-12-8-5-9-13-18/h4-13,19,24,29H,14-16H2,1-3H3,(H,25,27)/t19-,22+,23-/m1/s1. The first-order valence-electron chi connectivity index (χ1n) is 10.1. The van der Waals surface area contributed by atoms with E-state index < -0.39 is 29.6 Å². The molecule has 1 saturated heterocycles. The molecular weight excluding hydrogens is 398 g/mol. The van der Waals surface area contributed by atoms with E-state index in [2.05, 4.69) is 10.6 Å². The second-order valence-corrected chi connectivity index (χ2v) is 7.74. The molecule has 1 heterocycles. The summed E-state index contributed by atoms with van der Waals surface area (Å²) in [6.45, 7) is 3.76. The van der Waals surface area contributed by atoms with Crippen LogP contribution in [0.2, 0.25) is 0 Å². The Morgan fingerprint density at radius 1 is 1.06 bits per heavy atom. The molecule has 2 aromatic rings. The van der Waals surface area contributed by atoms with Gasteiger partial charge >= 0.3 is 6.09 Å². The topological polar surface area (TPSA) is 100 Å². The lowest BCUT2D eigenvalue weighted by molar-refractivity contribution is -0.264. The minimum atomic E-state index is -1.86. The maximum absolute atomic E-state index is 13.1. The van der Waals surface area contributed by atoms with Crippen LogP contribution in [0, 0.1) is 0 Å². The van der Waals surface area contributed by atoms with Crippen molar-refractivity contribution in [1.29, 1.82) is 0 Å². The van der Waals surface area contributed by atoms with E-state index in [1.54, 1.807) is 0 Å². The van der Waals surface area contributed by atoms with Crippen LogP contribution in [0.15, 0.2) is 60.7 Å². The van der Waals surface area contributed by atoms with Crippen LogP contribution in [0.25, 0.3) is 0 Å². The fourth-order valence-electron chi connectivity index (χ4n) is 3.53. The third kappa shape index (κ3) is 4.87. The normalized spacial score (nSPS) is 24.0. The summed E-state index contributed by atoms with van der Waals surface area (Å²) in [5.41, 5.74) is 0.0925. The average molecular weight is 428 g/mol. The van der Waals surface area contributed by atoms with Gasteiger partial charge in [0.1, 0.15) is 6.04 Å². The van der Waals surface area contributed by atoms with Gasteiger partial charge in [0.25, 0.3) is 5.79 Å². The molecule has 3 N–H and O–H groups in total. The fourth-order valence-corrected chi connectivity index (χ4v) is 3.53. The van der Waals surface area contributed by atoms with Crippen LogP contribution < -0.4 is 10.6 Å². The van der Waals surface area contributed by atoms with Gasteiger partial charge in [0.2, 0.25) is 11.6 Å². The molecule has 2 aromatic carbocycles. The van der Waals surface area contributed by atoms with Crippen LogP contribution in [0.1, 0.15) is 25.0 Å². The van der Waals surface area contributed by atoms with Crippen LogP contribution >= 0.6 is 0 Å². The number of aliphatic hydroxyl groups is 1. The fraction of sp³-hybridized carbons (Fsp3) is 0.391. The Hall–Kier alpha value is -2.94. The zero-order chi connectivity index (χ0) is 22.5. The van der Waals surface area contributed by atoms with Crippen molar-refractivity contribution in [3.63, 3.8) is 0 Å². The van der Waals surface area contributed by atoms with Gasteiger partial charge in [0.15, 0.2) is 0 Å². The lowest BCUT2D eigenvalue weighted by Gasteiger charge is -2.39. The monoisotopic (exact) mass is 427 g/mol.